The summed E-state index contributed by atoms with van der Waals surface area (Å²) in [6.45, 7) is 31.3. The minimum Gasteiger partial charge on any atom is -0.458 e. The van der Waals surface area contributed by atoms with Gasteiger partial charge in [-0.3, -0.25) is 0 Å². The van der Waals surface area contributed by atoms with Gasteiger partial charge in [0.15, 0.2) is 17.4 Å². The second-order valence-electron chi connectivity index (χ2n) is 3.28. The zero-order chi connectivity index (χ0) is 17.5. The molecular weight excluding hydrogens is 264 g/mol. The van der Waals surface area contributed by atoms with Crippen molar-refractivity contribution in [2.45, 2.75) is 108 Å². The average Bonchev–Trinajstić information content (AvgIpc) is 2.48. The van der Waals surface area contributed by atoms with Crippen LogP contribution in [0.25, 0.3) is 0 Å². The SMILES string of the molecule is CC.CC.CC.CC.CC.CC[Si](C)(C)O[SiH](C)C. The lowest BCUT2D eigenvalue weighted by Crippen LogP contribution is -2.34. The van der Waals surface area contributed by atoms with E-state index in [-0.39, 0.29) is 0 Å². The van der Waals surface area contributed by atoms with Crippen LogP contribution in [0.2, 0.25) is 32.2 Å². The molecule has 0 aromatic carbocycles. The first-order valence-corrected chi connectivity index (χ1v) is 14.6. The summed E-state index contributed by atoms with van der Waals surface area (Å²) in [6, 6.07) is 1.25. The molecule has 0 radical (unpaired) electrons. The predicted molar refractivity (Wildman–Crippen MR) is 105 cm³/mol. The summed E-state index contributed by atoms with van der Waals surface area (Å²) in [7, 11) is -1.93. The monoisotopic (exact) mass is 312 g/mol. The molecule has 126 valence electrons. The Morgan fingerprint density at radius 2 is 0.895 bits per heavy atom. The molecule has 0 aliphatic rings. The molecule has 0 rings (SSSR count). The van der Waals surface area contributed by atoms with Gasteiger partial charge in [0.25, 0.3) is 0 Å². The first kappa shape index (κ1) is 36.6. The molecule has 0 saturated heterocycles. The quantitative estimate of drug-likeness (QED) is 0.495. The summed E-state index contributed by atoms with van der Waals surface area (Å²) in [4.78, 5) is 0. The molecule has 0 aliphatic heterocycles. The Morgan fingerprint density at radius 1 is 0.684 bits per heavy atom. The van der Waals surface area contributed by atoms with Crippen LogP contribution >= 0.6 is 0 Å². The molecule has 19 heavy (non-hydrogen) atoms. The molecule has 0 fully saturated rings. The van der Waals surface area contributed by atoms with Gasteiger partial charge in [-0.05, 0) is 32.2 Å². The van der Waals surface area contributed by atoms with Crippen molar-refractivity contribution in [3.05, 3.63) is 0 Å². The third-order valence-corrected chi connectivity index (χ3v) is 7.55. The van der Waals surface area contributed by atoms with Crippen LogP contribution in [0, 0.1) is 0 Å². The van der Waals surface area contributed by atoms with Crippen LogP contribution in [0.1, 0.15) is 76.2 Å². The van der Waals surface area contributed by atoms with Crippen LogP contribution in [0.5, 0.6) is 0 Å². The van der Waals surface area contributed by atoms with Crippen molar-refractivity contribution in [2.24, 2.45) is 0 Å². The molecule has 0 saturated carbocycles. The van der Waals surface area contributed by atoms with Crippen LogP contribution in [0.4, 0.5) is 0 Å². The third-order valence-electron chi connectivity index (χ3n) is 1.41. The van der Waals surface area contributed by atoms with Gasteiger partial charge >= 0.3 is 0 Å². The van der Waals surface area contributed by atoms with Crippen molar-refractivity contribution in [2.75, 3.05) is 0 Å². The molecule has 0 bridgehead atoms. The molecular formula is C16H48OSi2. The van der Waals surface area contributed by atoms with Crippen LogP contribution in [0.3, 0.4) is 0 Å². The molecule has 0 aromatic heterocycles. The van der Waals surface area contributed by atoms with Crippen molar-refractivity contribution in [3.63, 3.8) is 0 Å². The summed E-state index contributed by atoms with van der Waals surface area (Å²) in [6.07, 6.45) is 0. The normalized spacial score (nSPS) is 7.58. The molecule has 0 spiro atoms. The highest BCUT2D eigenvalue weighted by Crippen LogP contribution is 2.10. The van der Waals surface area contributed by atoms with E-state index in [1.165, 1.54) is 6.04 Å². The predicted octanol–water partition coefficient (Wildman–Crippen LogP) is 7.34. The zero-order valence-electron chi connectivity index (χ0n) is 17.2. The maximum absolute atomic E-state index is 5.86. The van der Waals surface area contributed by atoms with Gasteiger partial charge in [-0.2, -0.15) is 0 Å². The highest BCUT2D eigenvalue weighted by atomic mass is 28.4. The van der Waals surface area contributed by atoms with Gasteiger partial charge in [0, 0.05) is 0 Å². The van der Waals surface area contributed by atoms with Gasteiger partial charge < -0.3 is 4.12 Å². The van der Waals surface area contributed by atoms with Crippen LogP contribution in [-0.4, -0.2) is 17.4 Å². The van der Waals surface area contributed by atoms with E-state index in [4.69, 9.17) is 4.12 Å². The fourth-order valence-corrected chi connectivity index (χ4v) is 6.49. The highest BCUT2D eigenvalue weighted by molar-refractivity contribution is 6.77. The van der Waals surface area contributed by atoms with E-state index in [9.17, 15) is 0 Å². The summed E-state index contributed by atoms with van der Waals surface area (Å²) < 4.78 is 5.86. The Hall–Kier alpha value is 0.394. The summed E-state index contributed by atoms with van der Waals surface area (Å²) >= 11 is 0. The van der Waals surface area contributed by atoms with Crippen molar-refractivity contribution in [1.82, 2.24) is 0 Å². The van der Waals surface area contributed by atoms with Gasteiger partial charge in [0.05, 0.1) is 0 Å². The second-order valence-corrected chi connectivity index (χ2v) is 10.5. The maximum atomic E-state index is 5.86. The lowest BCUT2D eigenvalue weighted by Gasteiger charge is -2.23. The fraction of sp³-hybridized carbons (Fsp3) is 1.00. The zero-order valence-corrected chi connectivity index (χ0v) is 19.3. The minimum absolute atomic E-state index is 0.751. The van der Waals surface area contributed by atoms with Crippen molar-refractivity contribution in [3.8, 4) is 0 Å². The molecule has 3 heteroatoms. The van der Waals surface area contributed by atoms with Gasteiger partial charge in [-0.1, -0.05) is 76.2 Å². The van der Waals surface area contributed by atoms with E-state index >= 15 is 0 Å². The van der Waals surface area contributed by atoms with Crippen LogP contribution in [-0.2, 0) is 4.12 Å². The topological polar surface area (TPSA) is 9.23 Å². The minimum atomic E-state index is -1.18. The Morgan fingerprint density at radius 3 is 0.947 bits per heavy atom. The Labute approximate surface area is 130 Å². The van der Waals surface area contributed by atoms with Gasteiger partial charge in [-0.15, -0.1) is 0 Å². The number of rotatable bonds is 3. The Kier molecular flexibility index (Phi) is 82.5. The molecule has 0 atom stereocenters. The van der Waals surface area contributed by atoms with Gasteiger partial charge in [0.1, 0.15) is 0 Å². The van der Waals surface area contributed by atoms with E-state index in [0.717, 1.165) is 0 Å². The van der Waals surface area contributed by atoms with Crippen molar-refractivity contribution in [1.29, 1.82) is 0 Å². The van der Waals surface area contributed by atoms with E-state index in [1.54, 1.807) is 0 Å². The molecule has 0 unspecified atom stereocenters. The standard InChI is InChI=1S/C6H18OSi2.5C2H6/c1-6-9(4,5)7-8(2)3;5*1-2/h8H,6H2,1-5H3;5*1-2H3. The lowest BCUT2D eigenvalue weighted by atomic mass is 11.0. The van der Waals surface area contributed by atoms with Crippen LogP contribution in [0.15, 0.2) is 0 Å². The number of hydrogen-bond acceptors (Lipinski definition) is 1. The fourth-order valence-electron chi connectivity index (χ4n) is 0.721. The summed E-state index contributed by atoms with van der Waals surface area (Å²) in [5, 5.41) is 0. The van der Waals surface area contributed by atoms with Crippen molar-refractivity contribution >= 4 is 17.4 Å². The van der Waals surface area contributed by atoms with Gasteiger partial charge in [-0.25, -0.2) is 0 Å². The van der Waals surface area contributed by atoms with Gasteiger partial charge in [0.2, 0.25) is 0 Å². The number of hydrogen-bond donors (Lipinski definition) is 0. The summed E-state index contributed by atoms with van der Waals surface area (Å²) in [5.74, 6) is 0. The second kappa shape index (κ2) is 42.9. The third kappa shape index (κ3) is 70.2. The smallest absolute Gasteiger partial charge is 0.172 e. The molecule has 0 N–H and O–H groups in total. The first-order valence-electron chi connectivity index (χ1n) is 8.66. The largest absolute Gasteiger partial charge is 0.458 e. The van der Waals surface area contributed by atoms with Crippen LogP contribution < -0.4 is 0 Å². The lowest BCUT2D eigenvalue weighted by molar-refractivity contribution is 0.573. The molecule has 0 heterocycles. The maximum Gasteiger partial charge on any atom is 0.172 e. The first-order chi connectivity index (χ1) is 8.98. The van der Waals surface area contributed by atoms with Crippen molar-refractivity contribution < 1.29 is 4.12 Å². The Bertz CT molecular complexity index is 84.8. The molecule has 0 aliphatic carbocycles. The van der Waals surface area contributed by atoms with E-state index in [1.807, 2.05) is 69.2 Å². The highest BCUT2D eigenvalue weighted by Gasteiger charge is 2.19. The molecule has 0 amide bonds. The average molecular weight is 313 g/mol. The van der Waals surface area contributed by atoms with E-state index in [2.05, 4.69) is 33.1 Å². The Balaban J connectivity index is -0.0000000356. The summed E-state index contributed by atoms with van der Waals surface area (Å²) in [5.41, 5.74) is 0. The van der Waals surface area contributed by atoms with E-state index in [0.29, 0.717) is 0 Å². The molecule has 1 nitrogen and oxygen atoms in total. The molecule has 0 aromatic rings. The van der Waals surface area contributed by atoms with E-state index < -0.39 is 17.4 Å².